The predicted octanol–water partition coefficient (Wildman–Crippen LogP) is 6.14. The van der Waals surface area contributed by atoms with Crippen molar-refractivity contribution in [1.82, 2.24) is 35.7 Å². The van der Waals surface area contributed by atoms with Crippen molar-refractivity contribution in [2.45, 2.75) is 128 Å². The van der Waals surface area contributed by atoms with Gasteiger partial charge in [-0.1, -0.05) is 65.0 Å². The SMILES string of the molecule is COc1ccc2c(O[C@@H]3C[C@H]4C(=O)N[C@]5(C(=O)O)CC5CCCCCCC[C@H](NC(=O)N[C@H](C(=O)N5C(=O)c6ccccc6C5=O)C(C)(C)C)C(=O)N4C3)cc(-c3csc(NC(C)C)n3)nc2c1. The maximum atomic E-state index is 15.0. The Hall–Kier alpha value is -6.63. The van der Waals surface area contributed by atoms with Crippen LogP contribution in [-0.4, -0.2) is 116 Å². The lowest BCUT2D eigenvalue weighted by Crippen LogP contribution is -2.61. The molecular formula is C49H58N8O10S. The first kappa shape index (κ1) is 47.8. The molecule has 2 aromatic carbocycles. The maximum Gasteiger partial charge on any atom is 0.329 e. The van der Waals surface area contributed by atoms with Gasteiger partial charge in [-0.25, -0.2) is 24.5 Å². The first-order chi connectivity index (χ1) is 32.4. The highest BCUT2D eigenvalue weighted by Gasteiger charge is 2.62. The number of aliphatic carboxylic acids is 1. The second kappa shape index (κ2) is 19.2. The molecule has 19 heteroatoms. The third-order valence-corrected chi connectivity index (χ3v) is 14.0. The van der Waals surface area contributed by atoms with Crippen LogP contribution in [0.15, 0.2) is 53.9 Å². The molecule has 3 aliphatic heterocycles. The molecule has 2 aromatic heterocycles. The molecule has 6 atom stereocenters. The van der Waals surface area contributed by atoms with Gasteiger partial charge < -0.3 is 40.7 Å². The lowest BCUT2D eigenvalue weighted by atomic mass is 9.85. The minimum atomic E-state index is -1.47. The van der Waals surface area contributed by atoms with Crippen LogP contribution in [0.1, 0.15) is 113 Å². The van der Waals surface area contributed by atoms with E-state index in [1.165, 1.54) is 28.4 Å². The number of urea groups is 1. The van der Waals surface area contributed by atoms with Gasteiger partial charge in [-0.3, -0.25) is 24.0 Å². The molecule has 4 aromatic rings. The summed E-state index contributed by atoms with van der Waals surface area (Å²) in [4.78, 5) is 109. The summed E-state index contributed by atoms with van der Waals surface area (Å²) < 4.78 is 12.3. The van der Waals surface area contributed by atoms with E-state index in [9.17, 15) is 33.9 Å². The van der Waals surface area contributed by atoms with Crippen LogP contribution in [0.4, 0.5) is 9.93 Å². The van der Waals surface area contributed by atoms with E-state index in [2.05, 4.69) is 21.3 Å². The Morgan fingerprint density at radius 2 is 1.62 bits per heavy atom. The van der Waals surface area contributed by atoms with Crippen molar-refractivity contribution in [3.05, 3.63) is 65.0 Å². The Kier molecular flexibility index (Phi) is 13.5. The number of nitrogens with one attached hydrogen (secondary N) is 4. The van der Waals surface area contributed by atoms with Crippen molar-refractivity contribution < 1.29 is 48.1 Å². The number of carboxylic acid groups (broad SMARTS) is 1. The minimum Gasteiger partial charge on any atom is -0.497 e. The molecule has 1 aliphatic carbocycles. The van der Waals surface area contributed by atoms with Crippen molar-refractivity contribution in [2.24, 2.45) is 11.3 Å². The Bertz CT molecular complexity index is 2630. The van der Waals surface area contributed by atoms with Crippen LogP contribution in [-0.2, 0) is 19.2 Å². The number of nitrogens with zero attached hydrogens (tertiary/aromatic N) is 4. The Morgan fingerprint density at radius 3 is 2.28 bits per heavy atom. The lowest BCUT2D eigenvalue weighted by Gasteiger charge is -2.33. The summed E-state index contributed by atoms with van der Waals surface area (Å²) in [6.45, 7) is 8.96. The van der Waals surface area contributed by atoms with E-state index in [-0.39, 0.29) is 48.9 Å². The number of hydrogen-bond donors (Lipinski definition) is 5. The number of benzene rings is 2. The summed E-state index contributed by atoms with van der Waals surface area (Å²) in [7, 11) is 1.55. The zero-order valence-corrected chi connectivity index (χ0v) is 39.9. The highest BCUT2D eigenvalue weighted by molar-refractivity contribution is 7.14. The van der Waals surface area contributed by atoms with Gasteiger partial charge in [0, 0.05) is 35.4 Å². The van der Waals surface area contributed by atoms with E-state index in [0.29, 0.717) is 63.1 Å². The number of fused-ring (bicyclic) bond motifs is 4. The molecule has 3 fully saturated rings. The number of thiazole rings is 1. The number of aromatic nitrogens is 2. The second-order valence-corrected chi connectivity index (χ2v) is 20.4. The molecule has 7 amide bonds. The first-order valence-corrected chi connectivity index (χ1v) is 24.1. The van der Waals surface area contributed by atoms with Gasteiger partial charge in [-0.2, -0.15) is 0 Å². The van der Waals surface area contributed by atoms with Crippen molar-refractivity contribution in [3.8, 4) is 22.9 Å². The van der Waals surface area contributed by atoms with Gasteiger partial charge in [0.25, 0.3) is 17.7 Å². The van der Waals surface area contributed by atoms with Crippen molar-refractivity contribution in [1.29, 1.82) is 0 Å². The van der Waals surface area contributed by atoms with Gasteiger partial charge in [0.2, 0.25) is 11.8 Å². The van der Waals surface area contributed by atoms with Gasteiger partial charge >= 0.3 is 12.0 Å². The molecule has 68 heavy (non-hydrogen) atoms. The average molecular weight is 951 g/mol. The quantitative estimate of drug-likeness (QED) is 0.112. The number of pyridine rings is 1. The van der Waals surface area contributed by atoms with E-state index in [4.69, 9.17) is 19.4 Å². The monoisotopic (exact) mass is 950 g/mol. The maximum absolute atomic E-state index is 15.0. The molecule has 4 aliphatic rings. The fourth-order valence-corrected chi connectivity index (χ4v) is 10.3. The highest BCUT2D eigenvalue weighted by atomic mass is 32.1. The number of methoxy groups -OCH3 is 1. The van der Waals surface area contributed by atoms with Gasteiger partial charge in [-0.15, -0.1) is 11.3 Å². The third-order valence-electron chi connectivity index (χ3n) is 13.2. The highest BCUT2D eigenvalue weighted by Crippen LogP contribution is 2.48. The van der Waals surface area contributed by atoms with Crippen LogP contribution in [0.3, 0.4) is 0 Å². The number of anilines is 1. The normalized spacial score (nSPS) is 23.7. The van der Waals surface area contributed by atoms with Crippen molar-refractivity contribution >= 4 is 68.9 Å². The van der Waals surface area contributed by atoms with E-state index in [1.54, 1.807) is 58.2 Å². The summed E-state index contributed by atoms with van der Waals surface area (Å²) in [5.41, 5.74) is -0.649. The molecule has 1 saturated carbocycles. The van der Waals surface area contributed by atoms with Crippen LogP contribution in [0.25, 0.3) is 22.3 Å². The molecular weight excluding hydrogens is 893 g/mol. The topological polar surface area (TPSA) is 239 Å². The van der Waals surface area contributed by atoms with Crippen LogP contribution < -0.4 is 30.7 Å². The van der Waals surface area contributed by atoms with Crippen LogP contribution >= 0.6 is 11.3 Å². The van der Waals surface area contributed by atoms with Crippen LogP contribution in [0, 0.1) is 11.3 Å². The van der Waals surface area contributed by atoms with Gasteiger partial charge in [0.15, 0.2) is 5.13 Å². The molecule has 0 spiro atoms. The van der Waals surface area contributed by atoms with Gasteiger partial charge in [-0.05, 0) is 68.7 Å². The fraction of sp³-hybridized carbons (Fsp3) is 0.490. The number of amides is 7. The number of ether oxygens (including phenoxy) is 2. The minimum absolute atomic E-state index is 0.00774. The van der Waals surface area contributed by atoms with Crippen molar-refractivity contribution in [2.75, 3.05) is 19.0 Å². The molecule has 18 nitrogen and oxygen atoms in total. The molecule has 0 bridgehead atoms. The van der Waals surface area contributed by atoms with E-state index in [1.807, 2.05) is 25.3 Å². The fourth-order valence-electron chi connectivity index (χ4n) is 9.47. The number of hydrogen-bond acceptors (Lipinski definition) is 13. The largest absolute Gasteiger partial charge is 0.497 e. The number of rotatable bonds is 10. The summed E-state index contributed by atoms with van der Waals surface area (Å²) in [6.07, 6.45) is 3.93. The van der Waals surface area contributed by atoms with E-state index in [0.717, 1.165) is 19.3 Å². The van der Waals surface area contributed by atoms with Crippen molar-refractivity contribution in [3.63, 3.8) is 0 Å². The summed E-state index contributed by atoms with van der Waals surface area (Å²) in [5, 5.41) is 25.3. The van der Waals surface area contributed by atoms with Gasteiger partial charge in [0.05, 0.1) is 36.0 Å². The standard InChI is InChI=1S/C49H58N8O10S/c1-26(2)50-47-53-36(25-68-47)35-22-38(32-19-18-28(66-6)20-34(32)51-35)67-29-21-37-40(58)55-49(45(63)64)23-27(49)14-10-8-7-9-11-17-33(43(61)56(37)24-29)52-46(65)54-39(48(3,4)5)44(62)57-41(59)30-15-12-13-16-31(30)42(57)60/h12-13,15-16,18-20,22,25-27,29,33,37,39H,7-11,14,17,21,23-24H2,1-6H3,(H,50,53)(H,55,58)(H,63,64)(H2,52,54,65)/t27?,29-,33+,37+,39-,49-/m1/s1. The Morgan fingerprint density at radius 1 is 0.926 bits per heavy atom. The zero-order valence-electron chi connectivity index (χ0n) is 39.0. The zero-order chi connectivity index (χ0) is 48.7. The molecule has 2 saturated heterocycles. The van der Waals surface area contributed by atoms with E-state index < -0.39 is 76.7 Å². The molecule has 1 unspecified atom stereocenters. The molecule has 5 heterocycles. The average Bonchev–Trinajstić information content (AvgIpc) is 3.53. The first-order valence-electron chi connectivity index (χ1n) is 23.2. The summed E-state index contributed by atoms with van der Waals surface area (Å²) in [6, 6.07) is 8.70. The Balaban J connectivity index is 1.09. The summed E-state index contributed by atoms with van der Waals surface area (Å²) >= 11 is 1.43. The Labute approximate surface area is 397 Å². The smallest absolute Gasteiger partial charge is 0.329 e. The number of carbonyl (C=O) groups is 7. The predicted molar refractivity (Wildman–Crippen MR) is 252 cm³/mol. The number of carbonyl (C=O) groups excluding carboxylic acids is 6. The summed E-state index contributed by atoms with van der Waals surface area (Å²) in [5.74, 6) is -4.19. The third kappa shape index (κ3) is 9.70. The molecule has 0 radical (unpaired) electrons. The molecule has 5 N–H and O–H groups in total. The van der Waals surface area contributed by atoms with Gasteiger partial charge in [0.1, 0.15) is 47.0 Å². The van der Waals surface area contributed by atoms with Crippen LogP contribution in [0.2, 0.25) is 0 Å². The molecule has 8 rings (SSSR count). The molecule has 360 valence electrons. The lowest BCUT2D eigenvalue weighted by molar-refractivity contribution is -0.145. The number of carboxylic acids is 1. The number of imide groups is 3. The second-order valence-electron chi connectivity index (χ2n) is 19.5. The van der Waals surface area contributed by atoms with Crippen LogP contribution in [0.5, 0.6) is 11.5 Å². The van der Waals surface area contributed by atoms with E-state index >= 15 is 4.79 Å².